The highest BCUT2D eigenvalue weighted by Crippen LogP contribution is 2.43. The Bertz CT molecular complexity index is 460. The van der Waals surface area contributed by atoms with Crippen LogP contribution < -0.4 is 14.8 Å². The van der Waals surface area contributed by atoms with Gasteiger partial charge in [0, 0.05) is 5.56 Å². The van der Waals surface area contributed by atoms with Crippen LogP contribution in [0.5, 0.6) is 11.5 Å². The third-order valence-electron chi connectivity index (χ3n) is 2.70. The molecule has 0 aliphatic carbocycles. The maximum absolute atomic E-state index is 12.0. The van der Waals surface area contributed by atoms with Gasteiger partial charge in [-0.3, -0.25) is 4.79 Å². The molecule has 2 rings (SSSR count). The van der Waals surface area contributed by atoms with Crippen LogP contribution in [0.25, 0.3) is 0 Å². The van der Waals surface area contributed by atoms with Crippen molar-refractivity contribution in [2.75, 3.05) is 20.4 Å². The Kier molecular flexibility index (Phi) is 3.54. The summed E-state index contributed by atoms with van der Waals surface area (Å²) in [5.41, 5.74) is 1.42. The summed E-state index contributed by atoms with van der Waals surface area (Å²) >= 11 is 6.23. The third-order valence-corrected chi connectivity index (χ3v) is 3.10. The molecule has 1 aliphatic rings. The first kappa shape index (κ1) is 12.2. The molecule has 4 nitrogen and oxygen atoms in total. The van der Waals surface area contributed by atoms with Crippen LogP contribution in [-0.2, 0) is 6.42 Å². The lowest BCUT2D eigenvalue weighted by molar-refractivity contribution is 0.0992. The van der Waals surface area contributed by atoms with Gasteiger partial charge in [-0.05, 0) is 25.1 Å². The van der Waals surface area contributed by atoms with Gasteiger partial charge in [0.15, 0.2) is 17.3 Å². The molecule has 0 fully saturated rings. The summed E-state index contributed by atoms with van der Waals surface area (Å²) in [6, 6.07) is 1.72. The lowest BCUT2D eigenvalue weighted by Gasteiger charge is -2.11. The van der Waals surface area contributed by atoms with Gasteiger partial charge in [0.25, 0.3) is 0 Å². The maximum atomic E-state index is 12.0. The molecule has 1 aliphatic heterocycles. The molecule has 5 heteroatoms. The first-order valence-corrected chi connectivity index (χ1v) is 5.85. The Morgan fingerprint density at radius 1 is 1.53 bits per heavy atom. The number of fused-ring (bicyclic) bond motifs is 1. The third kappa shape index (κ3) is 2.10. The number of Topliss-reactive ketones (excluding diaryl/α,β-unsaturated/α-hetero) is 1. The molecular weight excluding hydrogens is 242 g/mol. The molecule has 0 spiro atoms. The van der Waals surface area contributed by atoms with Gasteiger partial charge >= 0.3 is 0 Å². The first-order valence-electron chi connectivity index (χ1n) is 5.47. The van der Waals surface area contributed by atoms with Gasteiger partial charge < -0.3 is 14.8 Å². The molecule has 0 amide bonds. The van der Waals surface area contributed by atoms with Crippen molar-refractivity contribution < 1.29 is 14.3 Å². The van der Waals surface area contributed by atoms with E-state index in [9.17, 15) is 4.79 Å². The van der Waals surface area contributed by atoms with Crippen molar-refractivity contribution in [1.82, 2.24) is 5.32 Å². The number of ketones is 1. The molecule has 1 aromatic carbocycles. The number of hydrogen-bond donors (Lipinski definition) is 1. The normalized spacial score (nSPS) is 12.9. The van der Waals surface area contributed by atoms with Gasteiger partial charge in [-0.1, -0.05) is 18.5 Å². The largest absolute Gasteiger partial charge is 0.454 e. The second-order valence-electron chi connectivity index (χ2n) is 3.76. The molecule has 1 aromatic rings. The Labute approximate surface area is 105 Å². The van der Waals surface area contributed by atoms with Crippen molar-refractivity contribution >= 4 is 17.4 Å². The molecule has 0 saturated carbocycles. The van der Waals surface area contributed by atoms with Crippen LogP contribution >= 0.6 is 11.6 Å². The molecule has 1 N–H and O–H groups in total. The molecular formula is C12H14ClNO3. The molecule has 0 saturated heterocycles. The predicted molar refractivity (Wildman–Crippen MR) is 65.2 cm³/mol. The summed E-state index contributed by atoms with van der Waals surface area (Å²) < 4.78 is 10.6. The zero-order valence-corrected chi connectivity index (χ0v) is 10.6. The number of likely N-dealkylation sites (N-methyl/N-ethyl adjacent to an activating group) is 1. The highest BCUT2D eigenvalue weighted by molar-refractivity contribution is 6.33. The highest BCUT2D eigenvalue weighted by Gasteiger charge is 2.24. The van der Waals surface area contributed by atoms with Crippen LogP contribution in [0, 0.1) is 0 Å². The van der Waals surface area contributed by atoms with Crippen molar-refractivity contribution in [1.29, 1.82) is 0 Å². The van der Waals surface area contributed by atoms with Crippen LogP contribution in [0.3, 0.4) is 0 Å². The fraction of sp³-hybridized carbons (Fsp3) is 0.417. The minimum absolute atomic E-state index is 0.00421. The summed E-state index contributed by atoms with van der Waals surface area (Å²) in [6.07, 6.45) is 0.681. The van der Waals surface area contributed by atoms with E-state index in [1.165, 1.54) is 0 Å². The van der Waals surface area contributed by atoms with E-state index in [0.717, 1.165) is 5.56 Å². The zero-order valence-electron chi connectivity index (χ0n) is 9.80. The fourth-order valence-corrected chi connectivity index (χ4v) is 2.27. The molecule has 92 valence electrons. The quantitative estimate of drug-likeness (QED) is 0.837. The van der Waals surface area contributed by atoms with Crippen molar-refractivity contribution in [3.8, 4) is 11.5 Å². The monoisotopic (exact) mass is 255 g/mol. The Balaban J connectivity index is 2.51. The molecule has 0 bridgehead atoms. The Hall–Kier alpha value is -1.26. The number of nitrogens with one attached hydrogen (secondary N) is 1. The number of rotatable bonds is 4. The minimum atomic E-state index is 0.00421. The topological polar surface area (TPSA) is 47.6 Å². The first-order chi connectivity index (χ1) is 8.19. The van der Waals surface area contributed by atoms with E-state index < -0.39 is 0 Å². The van der Waals surface area contributed by atoms with E-state index in [2.05, 4.69) is 5.32 Å². The van der Waals surface area contributed by atoms with E-state index in [0.29, 0.717) is 28.5 Å². The lowest BCUT2D eigenvalue weighted by atomic mass is 10.00. The van der Waals surface area contributed by atoms with Gasteiger partial charge in [-0.15, -0.1) is 0 Å². The number of hydrogen-bond acceptors (Lipinski definition) is 4. The summed E-state index contributed by atoms with van der Waals surface area (Å²) in [7, 11) is 1.73. The van der Waals surface area contributed by atoms with Gasteiger partial charge in [0.2, 0.25) is 6.79 Å². The van der Waals surface area contributed by atoms with Crippen LogP contribution in [-0.4, -0.2) is 26.2 Å². The lowest BCUT2D eigenvalue weighted by Crippen LogP contribution is -2.20. The van der Waals surface area contributed by atoms with Gasteiger partial charge in [0.1, 0.15) is 0 Å². The fourth-order valence-electron chi connectivity index (χ4n) is 1.89. The van der Waals surface area contributed by atoms with Crippen molar-refractivity contribution in [3.05, 3.63) is 22.2 Å². The van der Waals surface area contributed by atoms with E-state index >= 15 is 0 Å². The Morgan fingerprint density at radius 2 is 2.29 bits per heavy atom. The number of halogens is 1. The van der Waals surface area contributed by atoms with E-state index in [-0.39, 0.29) is 19.1 Å². The molecule has 0 aromatic heterocycles. The summed E-state index contributed by atoms with van der Waals surface area (Å²) in [5.74, 6) is 1.10. The number of carbonyl (C=O) groups excluding carboxylic acids is 1. The second kappa shape index (κ2) is 4.94. The molecule has 0 atom stereocenters. The van der Waals surface area contributed by atoms with E-state index in [1.807, 2.05) is 6.92 Å². The van der Waals surface area contributed by atoms with Crippen molar-refractivity contribution in [2.45, 2.75) is 13.3 Å². The van der Waals surface area contributed by atoms with Crippen LogP contribution in [0.2, 0.25) is 5.02 Å². The number of carbonyl (C=O) groups is 1. The SMILES string of the molecule is CCc1c(C(=O)CNC)cc2c(c1Cl)OCO2. The summed E-state index contributed by atoms with van der Waals surface area (Å²) in [6.45, 7) is 2.39. The minimum Gasteiger partial charge on any atom is -0.454 e. The van der Waals surface area contributed by atoms with E-state index in [4.69, 9.17) is 21.1 Å². The Morgan fingerprint density at radius 3 is 2.94 bits per heavy atom. The van der Waals surface area contributed by atoms with Crippen LogP contribution in [0.1, 0.15) is 22.8 Å². The van der Waals surface area contributed by atoms with Gasteiger partial charge in [-0.2, -0.15) is 0 Å². The van der Waals surface area contributed by atoms with Crippen molar-refractivity contribution in [2.24, 2.45) is 0 Å². The molecule has 0 unspecified atom stereocenters. The van der Waals surface area contributed by atoms with Gasteiger partial charge in [-0.25, -0.2) is 0 Å². The predicted octanol–water partition coefficient (Wildman–Crippen LogP) is 2.03. The van der Waals surface area contributed by atoms with Gasteiger partial charge in [0.05, 0.1) is 11.6 Å². The number of ether oxygens (including phenoxy) is 2. The summed E-state index contributed by atoms with van der Waals surface area (Å²) in [4.78, 5) is 12.0. The van der Waals surface area contributed by atoms with Crippen molar-refractivity contribution in [3.63, 3.8) is 0 Å². The van der Waals surface area contributed by atoms with Crippen LogP contribution in [0.15, 0.2) is 6.07 Å². The van der Waals surface area contributed by atoms with E-state index in [1.54, 1.807) is 13.1 Å². The summed E-state index contributed by atoms with van der Waals surface area (Å²) in [5, 5.41) is 3.33. The molecule has 0 radical (unpaired) electrons. The smallest absolute Gasteiger partial charge is 0.231 e. The highest BCUT2D eigenvalue weighted by atomic mass is 35.5. The maximum Gasteiger partial charge on any atom is 0.231 e. The average Bonchev–Trinajstić information content (AvgIpc) is 2.77. The second-order valence-corrected chi connectivity index (χ2v) is 4.14. The standard InChI is InChI=1S/C12H14ClNO3/c1-3-7-8(9(15)5-14-2)4-10-12(11(7)13)17-6-16-10/h4,14H,3,5-6H2,1-2H3. The zero-order chi connectivity index (χ0) is 12.4. The number of benzene rings is 1. The molecule has 17 heavy (non-hydrogen) atoms. The average molecular weight is 256 g/mol. The molecule has 1 heterocycles. The van der Waals surface area contributed by atoms with Crippen LogP contribution in [0.4, 0.5) is 0 Å².